The van der Waals surface area contributed by atoms with Crippen LogP contribution in [0, 0.1) is 5.92 Å². The topological polar surface area (TPSA) is 62.4 Å². The molecular weight excluding hydrogens is 242 g/mol. The van der Waals surface area contributed by atoms with E-state index in [0.717, 1.165) is 32.4 Å². The van der Waals surface area contributed by atoms with Gasteiger partial charge in [0.25, 0.3) is 0 Å². The zero-order chi connectivity index (χ0) is 12.3. The fourth-order valence-corrected chi connectivity index (χ4v) is 2.26. The van der Waals surface area contributed by atoms with Crippen molar-refractivity contribution in [2.24, 2.45) is 5.92 Å². The zero-order valence-electron chi connectivity index (χ0n) is 9.97. The smallest absolute Gasteiger partial charge is 0.318 e. The molecule has 1 aromatic rings. The number of aromatic nitrogens is 2. The number of halogens is 1. The van der Waals surface area contributed by atoms with E-state index in [0.29, 0.717) is 17.8 Å². The third-order valence-electron chi connectivity index (χ3n) is 3.10. The predicted molar refractivity (Wildman–Crippen MR) is 65.2 cm³/mol. The molecule has 2 rings (SSSR count). The highest BCUT2D eigenvalue weighted by atomic mass is 35.5. The standard InChI is InChI=1S/C11H18ClN3O2/c1-8(12)10-13-14-11(17-10)15-5-2-3-9(7-15)4-6-16/h8-9,16H,2-7H2,1H3. The lowest BCUT2D eigenvalue weighted by Crippen LogP contribution is -2.36. The Balaban J connectivity index is 2.00. The van der Waals surface area contributed by atoms with Gasteiger partial charge >= 0.3 is 6.01 Å². The highest BCUT2D eigenvalue weighted by Gasteiger charge is 2.24. The first-order valence-electron chi connectivity index (χ1n) is 6.04. The summed E-state index contributed by atoms with van der Waals surface area (Å²) in [5, 5.41) is 16.6. The van der Waals surface area contributed by atoms with Crippen LogP contribution in [-0.2, 0) is 0 Å². The number of anilines is 1. The molecule has 0 spiro atoms. The molecule has 1 aliphatic heterocycles. The first kappa shape index (κ1) is 12.6. The number of hydrogen-bond acceptors (Lipinski definition) is 5. The van der Waals surface area contributed by atoms with Crippen LogP contribution in [0.4, 0.5) is 6.01 Å². The minimum Gasteiger partial charge on any atom is -0.406 e. The van der Waals surface area contributed by atoms with E-state index in [-0.39, 0.29) is 12.0 Å². The van der Waals surface area contributed by atoms with Crippen LogP contribution in [0.1, 0.15) is 37.5 Å². The Morgan fingerprint density at radius 1 is 1.59 bits per heavy atom. The zero-order valence-corrected chi connectivity index (χ0v) is 10.7. The van der Waals surface area contributed by atoms with E-state index >= 15 is 0 Å². The van der Waals surface area contributed by atoms with Gasteiger partial charge in [-0.2, -0.15) is 0 Å². The van der Waals surface area contributed by atoms with E-state index in [1.54, 1.807) is 0 Å². The quantitative estimate of drug-likeness (QED) is 0.838. The summed E-state index contributed by atoms with van der Waals surface area (Å²) in [6.07, 6.45) is 3.09. The lowest BCUT2D eigenvalue weighted by Gasteiger charge is -2.30. The van der Waals surface area contributed by atoms with Gasteiger partial charge in [0.1, 0.15) is 5.38 Å². The first-order valence-corrected chi connectivity index (χ1v) is 6.47. The molecule has 5 nitrogen and oxygen atoms in total. The molecule has 6 heteroatoms. The molecule has 1 fully saturated rings. The molecule has 0 radical (unpaired) electrons. The molecule has 2 atom stereocenters. The molecule has 1 saturated heterocycles. The Morgan fingerprint density at radius 3 is 3.06 bits per heavy atom. The van der Waals surface area contributed by atoms with Crippen molar-refractivity contribution in [3.63, 3.8) is 0 Å². The normalized spacial score (nSPS) is 22.8. The molecule has 2 heterocycles. The summed E-state index contributed by atoms with van der Waals surface area (Å²) in [7, 11) is 0. The van der Waals surface area contributed by atoms with Gasteiger partial charge in [-0.05, 0) is 32.1 Å². The highest BCUT2D eigenvalue weighted by Crippen LogP contribution is 2.26. The molecule has 0 saturated carbocycles. The summed E-state index contributed by atoms with van der Waals surface area (Å²) in [6.45, 7) is 3.86. The molecule has 2 unspecified atom stereocenters. The van der Waals surface area contributed by atoms with Crippen molar-refractivity contribution in [3.8, 4) is 0 Å². The molecule has 1 aromatic heterocycles. The maximum Gasteiger partial charge on any atom is 0.318 e. The van der Waals surface area contributed by atoms with Crippen LogP contribution in [0.25, 0.3) is 0 Å². The van der Waals surface area contributed by atoms with Crippen molar-refractivity contribution in [1.29, 1.82) is 0 Å². The van der Waals surface area contributed by atoms with E-state index in [1.807, 2.05) is 6.92 Å². The Hall–Kier alpha value is -0.810. The molecule has 0 aliphatic carbocycles. The molecule has 0 aromatic carbocycles. The van der Waals surface area contributed by atoms with Crippen molar-refractivity contribution in [2.45, 2.75) is 31.6 Å². The average molecular weight is 260 g/mol. The minimum absolute atomic E-state index is 0.242. The average Bonchev–Trinajstić information content (AvgIpc) is 2.79. The van der Waals surface area contributed by atoms with Crippen LogP contribution in [0.15, 0.2) is 4.42 Å². The van der Waals surface area contributed by atoms with Crippen molar-refractivity contribution in [2.75, 3.05) is 24.6 Å². The fraction of sp³-hybridized carbons (Fsp3) is 0.818. The molecule has 1 N–H and O–H groups in total. The van der Waals surface area contributed by atoms with Crippen molar-refractivity contribution < 1.29 is 9.52 Å². The fourth-order valence-electron chi connectivity index (χ4n) is 2.17. The number of aliphatic hydroxyl groups excluding tert-OH is 1. The van der Waals surface area contributed by atoms with Crippen LogP contribution < -0.4 is 4.90 Å². The molecule has 0 amide bonds. The highest BCUT2D eigenvalue weighted by molar-refractivity contribution is 6.20. The van der Waals surface area contributed by atoms with Crippen molar-refractivity contribution in [3.05, 3.63) is 5.89 Å². The van der Waals surface area contributed by atoms with Gasteiger partial charge in [0.15, 0.2) is 0 Å². The number of rotatable bonds is 4. The van der Waals surface area contributed by atoms with E-state index in [1.165, 1.54) is 0 Å². The number of nitrogens with zero attached hydrogens (tertiary/aromatic N) is 3. The van der Waals surface area contributed by atoms with Gasteiger partial charge in [-0.1, -0.05) is 5.10 Å². The second kappa shape index (κ2) is 5.69. The Kier molecular flexibility index (Phi) is 4.23. The maximum atomic E-state index is 8.96. The Labute approximate surface area is 106 Å². The summed E-state index contributed by atoms with van der Waals surface area (Å²) >= 11 is 5.89. The van der Waals surface area contributed by atoms with Crippen LogP contribution in [-0.4, -0.2) is 35.0 Å². The third-order valence-corrected chi connectivity index (χ3v) is 3.28. The summed E-state index contributed by atoms with van der Waals surface area (Å²) in [4.78, 5) is 2.08. The summed E-state index contributed by atoms with van der Waals surface area (Å²) in [5.74, 6) is 0.975. The van der Waals surface area contributed by atoms with E-state index in [2.05, 4.69) is 15.1 Å². The molecule has 17 heavy (non-hydrogen) atoms. The maximum absolute atomic E-state index is 8.96. The van der Waals surface area contributed by atoms with Gasteiger partial charge in [-0.3, -0.25) is 0 Å². The van der Waals surface area contributed by atoms with Crippen molar-refractivity contribution in [1.82, 2.24) is 10.2 Å². The number of hydrogen-bond donors (Lipinski definition) is 1. The van der Waals surface area contributed by atoms with Gasteiger partial charge in [-0.25, -0.2) is 0 Å². The van der Waals surface area contributed by atoms with E-state index in [4.69, 9.17) is 21.1 Å². The van der Waals surface area contributed by atoms with Gasteiger partial charge < -0.3 is 14.4 Å². The second-order valence-corrected chi connectivity index (χ2v) is 5.16. The largest absolute Gasteiger partial charge is 0.406 e. The summed E-state index contributed by atoms with van der Waals surface area (Å²) in [5.41, 5.74) is 0. The van der Waals surface area contributed by atoms with Crippen LogP contribution in [0.2, 0.25) is 0 Å². The molecule has 96 valence electrons. The Bertz CT molecular complexity index is 354. The molecular formula is C11H18ClN3O2. The lowest BCUT2D eigenvalue weighted by molar-refractivity contribution is 0.242. The van der Waals surface area contributed by atoms with Crippen LogP contribution in [0.5, 0.6) is 0 Å². The van der Waals surface area contributed by atoms with Gasteiger partial charge in [0, 0.05) is 19.7 Å². The van der Waals surface area contributed by atoms with Crippen LogP contribution in [0.3, 0.4) is 0 Å². The Morgan fingerprint density at radius 2 is 2.41 bits per heavy atom. The number of alkyl halides is 1. The lowest BCUT2D eigenvalue weighted by atomic mass is 9.95. The number of piperidine rings is 1. The SMILES string of the molecule is CC(Cl)c1nnc(N2CCCC(CCO)C2)o1. The van der Waals surface area contributed by atoms with E-state index in [9.17, 15) is 0 Å². The monoisotopic (exact) mass is 259 g/mol. The van der Waals surface area contributed by atoms with Crippen molar-refractivity contribution >= 4 is 17.6 Å². The minimum atomic E-state index is -0.255. The first-order chi connectivity index (χ1) is 8.20. The predicted octanol–water partition coefficient (Wildman–Crippen LogP) is 1.97. The molecule has 1 aliphatic rings. The molecule has 0 bridgehead atoms. The second-order valence-electron chi connectivity index (χ2n) is 4.51. The van der Waals surface area contributed by atoms with Gasteiger partial charge in [0.2, 0.25) is 5.89 Å². The summed E-state index contributed by atoms with van der Waals surface area (Å²) < 4.78 is 5.52. The van der Waals surface area contributed by atoms with Gasteiger partial charge in [0.05, 0.1) is 0 Å². The van der Waals surface area contributed by atoms with Crippen LogP contribution >= 0.6 is 11.6 Å². The third kappa shape index (κ3) is 3.10. The number of aliphatic hydroxyl groups is 1. The van der Waals surface area contributed by atoms with Gasteiger partial charge in [-0.15, -0.1) is 16.7 Å². The van der Waals surface area contributed by atoms with E-state index < -0.39 is 0 Å². The summed E-state index contributed by atoms with van der Waals surface area (Å²) in [6, 6.07) is 0.551.